The molecule has 0 radical (unpaired) electrons. The van der Waals surface area contributed by atoms with E-state index in [0.717, 1.165) is 12.1 Å². The molecular formula is C11H11F2NO2. The van der Waals surface area contributed by atoms with Crippen LogP contribution in [-0.4, -0.2) is 12.6 Å². The number of anilines is 1. The van der Waals surface area contributed by atoms with E-state index in [9.17, 15) is 13.6 Å². The van der Waals surface area contributed by atoms with Crippen molar-refractivity contribution >= 4 is 17.7 Å². The molecule has 86 valence electrons. The first kappa shape index (κ1) is 12.2. The molecule has 0 aliphatic rings. The summed E-state index contributed by atoms with van der Waals surface area (Å²) in [7, 11) is 0. The highest BCUT2D eigenvalue weighted by Gasteiger charge is 2.06. The lowest BCUT2D eigenvalue weighted by molar-refractivity contribution is -0.137. The number of halogens is 2. The topological polar surface area (TPSA) is 52.3 Å². The van der Waals surface area contributed by atoms with Gasteiger partial charge in [0, 0.05) is 17.7 Å². The van der Waals surface area contributed by atoms with Gasteiger partial charge in [-0.05, 0) is 19.1 Å². The second-order valence-corrected chi connectivity index (χ2v) is 2.98. The molecule has 16 heavy (non-hydrogen) atoms. The highest BCUT2D eigenvalue weighted by atomic mass is 19.1. The molecule has 3 nitrogen and oxygen atoms in total. The van der Waals surface area contributed by atoms with Crippen LogP contribution in [0.3, 0.4) is 0 Å². The zero-order valence-electron chi connectivity index (χ0n) is 8.67. The van der Waals surface area contributed by atoms with E-state index in [1.165, 1.54) is 6.08 Å². The number of rotatable bonds is 3. The van der Waals surface area contributed by atoms with Gasteiger partial charge in [-0.3, -0.25) is 0 Å². The number of carbonyl (C=O) groups is 1. The Balaban J connectivity index is 2.93. The maximum Gasteiger partial charge on any atom is 0.330 e. The minimum Gasteiger partial charge on any atom is -0.463 e. The van der Waals surface area contributed by atoms with Crippen LogP contribution in [0.1, 0.15) is 12.5 Å². The van der Waals surface area contributed by atoms with Gasteiger partial charge in [0.15, 0.2) is 0 Å². The van der Waals surface area contributed by atoms with Crippen molar-refractivity contribution in [2.45, 2.75) is 6.92 Å². The smallest absolute Gasteiger partial charge is 0.330 e. The Morgan fingerprint density at radius 3 is 2.81 bits per heavy atom. The molecule has 0 heterocycles. The molecule has 0 saturated heterocycles. The van der Waals surface area contributed by atoms with Crippen LogP contribution in [-0.2, 0) is 9.53 Å². The number of hydrogen-bond donors (Lipinski definition) is 1. The van der Waals surface area contributed by atoms with Gasteiger partial charge in [0.1, 0.15) is 11.6 Å². The number of hydrogen-bond acceptors (Lipinski definition) is 3. The lowest BCUT2D eigenvalue weighted by Crippen LogP contribution is -2.00. The molecule has 1 rings (SSSR count). The number of nitrogen functional groups attached to an aromatic ring is 1. The highest BCUT2D eigenvalue weighted by Crippen LogP contribution is 2.19. The average molecular weight is 227 g/mol. The fourth-order valence-corrected chi connectivity index (χ4v) is 1.09. The van der Waals surface area contributed by atoms with E-state index in [2.05, 4.69) is 4.74 Å². The van der Waals surface area contributed by atoms with Gasteiger partial charge >= 0.3 is 5.97 Å². The molecular weight excluding hydrogens is 216 g/mol. The molecule has 0 aromatic heterocycles. The van der Waals surface area contributed by atoms with E-state index in [1.54, 1.807) is 6.92 Å². The van der Waals surface area contributed by atoms with Gasteiger partial charge in [0.05, 0.1) is 12.3 Å². The molecule has 0 unspecified atom stereocenters. The molecule has 0 atom stereocenters. The highest BCUT2D eigenvalue weighted by molar-refractivity contribution is 5.88. The van der Waals surface area contributed by atoms with Crippen molar-refractivity contribution in [2.75, 3.05) is 12.3 Å². The number of ether oxygens (including phenoxy) is 1. The molecule has 0 bridgehead atoms. The van der Waals surface area contributed by atoms with Crippen LogP contribution in [0.15, 0.2) is 18.2 Å². The van der Waals surface area contributed by atoms with E-state index in [4.69, 9.17) is 5.73 Å². The van der Waals surface area contributed by atoms with Gasteiger partial charge in [-0.15, -0.1) is 0 Å². The summed E-state index contributed by atoms with van der Waals surface area (Å²) in [6.45, 7) is 1.89. The van der Waals surface area contributed by atoms with Gasteiger partial charge in [-0.2, -0.15) is 0 Å². The Bertz CT molecular complexity index is 430. The van der Waals surface area contributed by atoms with Crippen LogP contribution in [0.4, 0.5) is 14.5 Å². The molecule has 1 aromatic rings. The minimum absolute atomic E-state index is 0.102. The first-order valence-corrected chi connectivity index (χ1v) is 4.64. The molecule has 0 spiro atoms. The fourth-order valence-electron chi connectivity index (χ4n) is 1.09. The Labute approximate surface area is 91.5 Å². The second-order valence-electron chi connectivity index (χ2n) is 2.98. The SMILES string of the molecule is CCOC(=O)C=Cc1cc(F)cc(F)c1N. The van der Waals surface area contributed by atoms with Crippen molar-refractivity contribution in [1.29, 1.82) is 0 Å². The maximum absolute atomic E-state index is 13.0. The summed E-state index contributed by atoms with van der Waals surface area (Å²) in [4.78, 5) is 11.0. The Morgan fingerprint density at radius 1 is 1.50 bits per heavy atom. The van der Waals surface area contributed by atoms with Crippen molar-refractivity contribution in [1.82, 2.24) is 0 Å². The van der Waals surface area contributed by atoms with Crippen LogP contribution in [0.2, 0.25) is 0 Å². The Hall–Kier alpha value is -1.91. The van der Waals surface area contributed by atoms with E-state index in [-0.39, 0.29) is 17.9 Å². The van der Waals surface area contributed by atoms with E-state index < -0.39 is 17.6 Å². The molecule has 1 aromatic carbocycles. The third kappa shape index (κ3) is 3.05. The lowest BCUT2D eigenvalue weighted by atomic mass is 10.1. The normalized spacial score (nSPS) is 10.7. The fraction of sp³-hybridized carbons (Fsp3) is 0.182. The quantitative estimate of drug-likeness (QED) is 0.489. The molecule has 0 saturated carbocycles. The van der Waals surface area contributed by atoms with Crippen molar-refractivity contribution in [3.8, 4) is 0 Å². The number of carbonyl (C=O) groups excluding carboxylic acids is 1. The largest absolute Gasteiger partial charge is 0.463 e. The van der Waals surface area contributed by atoms with Crippen LogP contribution in [0, 0.1) is 11.6 Å². The third-order valence-corrected chi connectivity index (χ3v) is 1.81. The van der Waals surface area contributed by atoms with Gasteiger partial charge in [0.2, 0.25) is 0 Å². The second kappa shape index (κ2) is 5.25. The molecule has 0 aliphatic heterocycles. The minimum atomic E-state index is -0.858. The zero-order chi connectivity index (χ0) is 12.1. The summed E-state index contributed by atoms with van der Waals surface area (Å²) in [5, 5.41) is 0. The van der Waals surface area contributed by atoms with Crippen LogP contribution in [0.5, 0.6) is 0 Å². The number of benzene rings is 1. The maximum atomic E-state index is 13.0. The van der Waals surface area contributed by atoms with E-state index in [0.29, 0.717) is 6.07 Å². The first-order valence-electron chi connectivity index (χ1n) is 4.64. The van der Waals surface area contributed by atoms with Crippen LogP contribution < -0.4 is 5.73 Å². The van der Waals surface area contributed by atoms with Gasteiger partial charge in [-0.1, -0.05) is 0 Å². The van der Waals surface area contributed by atoms with Crippen molar-refractivity contribution in [3.05, 3.63) is 35.4 Å². The van der Waals surface area contributed by atoms with E-state index >= 15 is 0 Å². The van der Waals surface area contributed by atoms with Gasteiger partial charge in [-0.25, -0.2) is 13.6 Å². The predicted octanol–water partition coefficient (Wildman–Crippen LogP) is 2.12. The summed E-state index contributed by atoms with van der Waals surface area (Å²) in [5.74, 6) is -2.20. The summed E-state index contributed by atoms with van der Waals surface area (Å²) in [6.07, 6.45) is 2.27. The average Bonchev–Trinajstić information content (AvgIpc) is 2.21. The Morgan fingerprint density at radius 2 is 2.19 bits per heavy atom. The van der Waals surface area contributed by atoms with Crippen molar-refractivity contribution in [2.24, 2.45) is 0 Å². The summed E-state index contributed by atoms with van der Waals surface area (Å²) >= 11 is 0. The summed E-state index contributed by atoms with van der Waals surface area (Å²) in [5.41, 5.74) is 5.26. The van der Waals surface area contributed by atoms with Crippen molar-refractivity contribution < 1.29 is 18.3 Å². The van der Waals surface area contributed by atoms with Gasteiger partial charge < -0.3 is 10.5 Å². The van der Waals surface area contributed by atoms with Gasteiger partial charge in [0.25, 0.3) is 0 Å². The molecule has 5 heteroatoms. The van der Waals surface area contributed by atoms with Crippen LogP contribution in [0.25, 0.3) is 6.08 Å². The predicted molar refractivity (Wildman–Crippen MR) is 56.4 cm³/mol. The summed E-state index contributed by atoms with van der Waals surface area (Å²) < 4.78 is 30.4. The van der Waals surface area contributed by atoms with Crippen molar-refractivity contribution in [3.63, 3.8) is 0 Å². The molecule has 2 N–H and O–H groups in total. The molecule has 0 fully saturated rings. The van der Waals surface area contributed by atoms with Crippen LogP contribution >= 0.6 is 0 Å². The lowest BCUT2D eigenvalue weighted by Gasteiger charge is -2.02. The molecule has 0 aliphatic carbocycles. The number of esters is 1. The van der Waals surface area contributed by atoms with E-state index in [1.807, 2.05) is 0 Å². The standard InChI is InChI=1S/C11H11F2NO2/c1-2-16-10(15)4-3-7-5-8(12)6-9(13)11(7)14/h3-6H,2,14H2,1H3. The molecule has 0 amide bonds. The Kier molecular flexibility index (Phi) is 3.99. The third-order valence-electron chi connectivity index (χ3n) is 1.81. The monoisotopic (exact) mass is 227 g/mol. The first-order chi connectivity index (χ1) is 7.54. The summed E-state index contributed by atoms with van der Waals surface area (Å²) in [6, 6.07) is 1.71. The number of nitrogens with two attached hydrogens (primary N) is 1. The zero-order valence-corrected chi connectivity index (χ0v) is 8.67.